The Morgan fingerprint density at radius 1 is 0.826 bits per heavy atom. The zero-order chi connectivity index (χ0) is 18.2. The molecule has 1 aromatic rings. The van der Waals surface area contributed by atoms with E-state index in [9.17, 15) is 4.79 Å². The van der Waals surface area contributed by atoms with Crippen LogP contribution in [0.1, 0.15) is 95.8 Å². The van der Waals surface area contributed by atoms with Crippen molar-refractivity contribution in [3.8, 4) is 0 Å². The SMILES string of the molecule is CC(C)(C)c1cc(C(C)(C)C)c(C(=O)CC[PH-])c(C(C)(C)C)c1. The van der Waals surface area contributed by atoms with E-state index in [1.165, 1.54) is 16.7 Å². The van der Waals surface area contributed by atoms with Crippen LogP contribution < -0.4 is 0 Å². The van der Waals surface area contributed by atoms with E-state index in [1.807, 2.05) is 0 Å². The first-order valence-electron chi connectivity index (χ1n) is 8.57. The molecule has 1 aromatic carbocycles. The number of hydrogen-bond acceptors (Lipinski definition) is 1. The highest BCUT2D eigenvalue weighted by molar-refractivity contribution is 7.16. The largest absolute Gasteiger partial charge is 0.558 e. The van der Waals surface area contributed by atoms with Crippen LogP contribution in [0.2, 0.25) is 0 Å². The van der Waals surface area contributed by atoms with Gasteiger partial charge in [0.05, 0.1) is 0 Å². The molecule has 0 spiro atoms. The maximum absolute atomic E-state index is 12.9. The van der Waals surface area contributed by atoms with E-state index in [-0.39, 0.29) is 22.0 Å². The summed E-state index contributed by atoms with van der Waals surface area (Å²) in [5.74, 6) is 0.246. The van der Waals surface area contributed by atoms with Crippen LogP contribution in [0.15, 0.2) is 12.1 Å². The minimum absolute atomic E-state index is 0.0575. The fourth-order valence-electron chi connectivity index (χ4n) is 2.80. The topological polar surface area (TPSA) is 17.1 Å². The molecule has 0 saturated heterocycles. The van der Waals surface area contributed by atoms with Crippen molar-refractivity contribution < 1.29 is 4.79 Å². The molecule has 1 nitrogen and oxygen atoms in total. The lowest BCUT2D eigenvalue weighted by Gasteiger charge is -2.33. The average Bonchev–Trinajstić information content (AvgIpc) is 2.34. The number of benzene rings is 1. The summed E-state index contributed by atoms with van der Waals surface area (Å²) < 4.78 is 0. The standard InChI is InChI=1S/C21H34OP/c1-19(2,3)14-12-15(20(4,5)6)18(17(22)10-11-23)16(13-14)21(7,8)9/h12-13,23H,10-11H2,1-9H3/q-1. The fraction of sp³-hybridized carbons (Fsp3) is 0.667. The molecule has 23 heavy (non-hydrogen) atoms. The Bertz CT molecular complexity index is 542. The molecule has 0 aliphatic heterocycles. The van der Waals surface area contributed by atoms with Gasteiger partial charge in [-0.15, -0.1) is 0 Å². The van der Waals surface area contributed by atoms with Gasteiger partial charge in [0.15, 0.2) is 5.78 Å². The summed E-state index contributed by atoms with van der Waals surface area (Å²) in [4.78, 5) is 12.9. The summed E-state index contributed by atoms with van der Waals surface area (Å²) in [6.45, 7) is 19.9. The molecule has 0 radical (unpaired) electrons. The molecule has 0 aromatic heterocycles. The second-order valence-corrected chi connectivity index (χ2v) is 10.1. The van der Waals surface area contributed by atoms with Gasteiger partial charge in [-0.25, -0.2) is 0 Å². The number of Topliss-reactive ketones (excluding diaryl/α,β-unsaturated/α-hetero) is 1. The van der Waals surface area contributed by atoms with E-state index in [0.717, 1.165) is 5.56 Å². The van der Waals surface area contributed by atoms with Crippen LogP contribution in [0.5, 0.6) is 0 Å². The molecule has 2 heteroatoms. The average molecular weight is 333 g/mol. The molecule has 0 aliphatic rings. The molecule has 0 N–H and O–H groups in total. The smallest absolute Gasteiger partial charge is 0.161 e. The lowest BCUT2D eigenvalue weighted by atomic mass is 9.71. The van der Waals surface area contributed by atoms with Crippen LogP contribution >= 0.6 is 9.24 Å². The Labute approximate surface area is 145 Å². The van der Waals surface area contributed by atoms with Crippen molar-refractivity contribution in [1.29, 1.82) is 0 Å². The van der Waals surface area contributed by atoms with Crippen LogP contribution in [-0.4, -0.2) is 11.9 Å². The molecule has 0 aliphatic carbocycles. The summed E-state index contributed by atoms with van der Waals surface area (Å²) in [5.41, 5.74) is 4.56. The predicted molar refractivity (Wildman–Crippen MR) is 105 cm³/mol. The molecule has 130 valence electrons. The van der Waals surface area contributed by atoms with Gasteiger partial charge in [-0.05, 0) is 39.4 Å². The van der Waals surface area contributed by atoms with E-state index in [1.54, 1.807) is 0 Å². The van der Waals surface area contributed by atoms with Crippen LogP contribution in [0, 0.1) is 0 Å². The lowest BCUT2D eigenvalue weighted by Crippen LogP contribution is -2.26. The lowest BCUT2D eigenvalue weighted by molar-refractivity contribution is 0.0985. The molecule has 0 fully saturated rings. The van der Waals surface area contributed by atoms with Crippen molar-refractivity contribution in [3.05, 3.63) is 34.4 Å². The molecule has 0 bridgehead atoms. The maximum atomic E-state index is 12.9. The van der Waals surface area contributed by atoms with Gasteiger partial charge in [-0.2, -0.15) is 6.16 Å². The highest BCUT2D eigenvalue weighted by atomic mass is 31.0. The summed E-state index contributed by atoms with van der Waals surface area (Å²) in [6.07, 6.45) is 1.24. The molecule has 0 saturated carbocycles. The third-order valence-electron chi connectivity index (χ3n) is 4.25. The highest BCUT2D eigenvalue weighted by Crippen LogP contribution is 2.38. The molecule has 0 unspecified atom stereocenters. The van der Waals surface area contributed by atoms with Gasteiger partial charge in [0.25, 0.3) is 0 Å². The number of ketones is 1. The number of carbonyl (C=O) groups is 1. The van der Waals surface area contributed by atoms with Gasteiger partial charge in [-0.1, -0.05) is 74.4 Å². The second kappa shape index (κ2) is 6.67. The van der Waals surface area contributed by atoms with E-state index >= 15 is 0 Å². The minimum atomic E-state index is -0.0575. The summed E-state index contributed by atoms with van der Waals surface area (Å²) in [7, 11) is 3.47. The predicted octanol–water partition coefficient (Wildman–Crippen LogP) is 6.29. The first-order chi connectivity index (χ1) is 10.2. The Balaban J connectivity index is 3.86. The molecular weight excluding hydrogens is 299 g/mol. The first kappa shape index (κ1) is 20.4. The number of carbonyl (C=O) groups excluding carboxylic acids is 1. The summed E-state index contributed by atoms with van der Waals surface area (Å²) in [5, 5.41) is 0. The molecular formula is C21H34OP-. The zero-order valence-corrected chi connectivity index (χ0v) is 17.5. The molecule has 0 heterocycles. The Morgan fingerprint density at radius 3 is 1.48 bits per heavy atom. The normalized spacial score (nSPS) is 13.3. The van der Waals surface area contributed by atoms with Crippen LogP contribution in [0.3, 0.4) is 0 Å². The van der Waals surface area contributed by atoms with E-state index in [4.69, 9.17) is 0 Å². The highest BCUT2D eigenvalue weighted by Gasteiger charge is 2.31. The monoisotopic (exact) mass is 333 g/mol. The Kier molecular flexibility index (Phi) is 5.91. The third-order valence-corrected chi connectivity index (χ3v) is 4.50. The van der Waals surface area contributed by atoms with Crippen molar-refractivity contribution in [2.24, 2.45) is 0 Å². The van der Waals surface area contributed by atoms with Crippen LogP contribution in [0.25, 0.3) is 0 Å². The first-order valence-corrected chi connectivity index (χ1v) is 9.27. The summed E-state index contributed by atoms with van der Waals surface area (Å²) >= 11 is 0. The van der Waals surface area contributed by atoms with Crippen molar-refractivity contribution in [2.75, 3.05) is 6.16 Å². The van der Waals surface area contributed by atoms with Gasteiger partial charge in [0.2, 0.25) is 0 Å². The van der Waals surface area contributed by atoms with E-state index < -0.39 is 0 Å². The van der Waals surface area contributed by atoms with Gasteiger partial charge < -0.3 is 9.24 Å². The molecule has 0 atom stereocenters. The Hall–Kier alpha value is -0.680. The third kappa shape index (κ3) is 4.90. The molecule has 1 rings (SSSR count). The van der Waals surface area contributed by atoms with Crippen molar-refractivity contribution in [1.82, 2.24) is 0 Å². The quantitative estimate of drug-likeness (QED) is 0.469. The van der Waals surface area contributed by atoms with E-state index in [0.29, 0.717) is 12.6 Å². The van der Waals surface area contributed by atoms with Gasteiger partial charge >= 0.3 is 0 Å². The van der Waals surface area contributed by atoms with Crippen molar-refractivity contribution in [3.63, 3.8) is 0 Å². The van der Waals surface area contributed by atoms with Gasteiger partial charge in [-0.3, -0.25) is 4.79 Å². The van der Waals surface area contributed by atoms with Crippen LogP contribution in [0.4, 0.5) is 0 Å². The fourth-order valence-corrected chi connectivity index (χ4v) is 3.02. The minimum Gasteiger partial charge on any atom is -0.558 e. The molecule has 0 amide bonds. The van der Waals surface area contributed by atoms with Crippen molar-refractivity contribution >= 4 is 15.0 Å². The van der Waals surface area contributed by atoms with Gasteiger partial charge in [0, 0.05) is 5.56 Å². The Morgan fingerprint density at radius 2 is 1.22 bits per heavy atom. The number of hydrogen-bond donors (Lipinski definition) is 0. The number of rotatable bonds is 3. The summed E-state index contributed by atoms with van der Waals surface area (Å²) in [6, 6.07) is 4.52. The van der Waals surface area contributed by atoms with Crippen molar-refractivity contribution in [2.45, 2.75) is 85.0 Å². The van der Waals surface area contributed by atoms with Gasteiger partial charge in [0.1, 0.15) is 0 Å². The zero-order valence-electron chi connectivity index (χ0n) is 16.5. The van der Waals surface area contributed by atoms with E-state index in [2.05, 4.69) is 83.7 Å². The maximum Gasteiger partial charge on any atom is 0.161 e. The second-order valence-electron chi connectivity index (χ2n) is 9.62. The van der Waals surface area contributed by atoms with Crippen LogP contribution in [-0.2, 0) is 16.2 Å².